The summed E-state index contributed by atoms with van der Waals surface area (Å²) < 4.78 is 4.76. The van der Waals surface area contributed by atoms with Crippen LogP contribution in [0, 0.1) is 13.8 Å². The van der Waals surface area contributed by atoms with E-state index in [2.05, 4.69) is 47.2 Å². The number of nitrogens with zero attached hydrogens (tertiary/aromatic N) is 8. The lowest BCUT2D eigenvalue weighted by atomic mass is 10.2. The number of hydrogen-bond donors (Lipinski definition) is 0. The van der Waals surface area contributed by atoms with Gasteiger partial charge in [0, 0.05) is 57.3 Å². The zero-order chi connectivity index (χ0) is 18.3. The largest absolute Gasteiger partial charge is 0.368 e. The molecule has 3 aromatic heterocycles. The Morgan fingerprint density at radius 3 is 2.04 bits per heavy atom. The quantitative estimate of drug-likeness (QED) is 0.693. The first-order chi connectivity index (χ1) is 12.5. The molecule has 4 rings (SSSR count). The van der Waals surface area contributed by atoms with Crippen LogP contribution in [0.3, 0.4) is 0 Å². The molecule has 26 heavy (non-hydrogen) atoms. The molecule has 0 amide bonds. The highest BCUT2D eigenvalue weighted by Gasteiger charge is 2.24. The van der Waals surface area contributed by atoms with Crippen LogP contribution in [0.1, 0.15) is 11.4 Å². The third-order valence-corrected chi connectivity index (χ3v) is 4.51. The van der Waals surface area contributed by atoms with Crippen LogP contribution in [-0.4, -0.2) is 65.5 Å². The van der Waals surface area contributed by atoms with E-state index >= 15 is 0 Å². The Hall–Kier alpha value is -2.97. The highest BCUT2D eigenvalue weighted by Crippen LogP contribution is 2.28. The number of aromatic nitrogens is 5. The van der Waals surface area contributed by atoms with Crippen molar-refractivity contribution in [2.75, 3.05) is 55.0 Å². The molecule has 0 aliphatic carbocycles. The van der Waals surface area contributed by atoms with E-state index in [9.17, 15) is 0 Å². The predicted molar refractivity (Wildman–Crippen MR) is 99.9 cm³/mol. The minimum Gasteiger partial charge on any atom is -0.368 e. The lowest BCUT2D eigenvalue weighted by Crippen LogP contribution is -2.47. The Labute approximate surface area is 151 Å². The Balaban J connectivity index is 1.58. The lowest BCUT2D eigenvalue weighted by Gasteiger charge is -2.37. The fourth-order valence-corrected chi connectivity index (χ4v) is 3.30. The van der Waals surface area contributed by atoms with Crippen LogP contribution in [0.15, 0.2) is 16.8 Å². The highest BCUT2D eigenvalue weighted by atomic mass is 16.6. The Morgan fingerprint density at radius 1 is 0.846 bits per heavy atom. The van der Waals surface area contributed by atoms with E-state index in [1.807, 2.05) is 32.8 Å². The molecule has 1 aliphatic heterocycles. The molecule has 0 radical (unpaired) electrons. The molecule has 9 heteroatoms. The van der Waals surface area contributed by atoms with Gasteiger partial charge in [0.15, 0.2) is 11.6 Å². The highest BCUT2D eigenvalue weighted by molar-refractivity contribution is 5.74. The molecule has 1 fully saturated rings. The lowest BCUT2D eigenvalue weighted by molar-refractivity contribution is 0.314. The van der Waals surface area contributed by atoms with Crippen molar-refractivity contribution in [1.82, 2.24) is 25.3 Å². The van der Waals surface area contributed by atoms with Crippen LogP contribution >= 0.6 is 0 Å². The molecule has 0 spiro atoms. The van der Waals surface area contributed by atoms with Crippen molar-refractivity contribution in [3.8, 4) is 0 Å². The fourth-order valence-electron chi connectivity index (χ4n) is 3.30. The van der Waals surface area contributed by atoms with Gasteiger partial charge in [0.1, 0.15) is 0 Å². The van der Waals surface area contributed by atoms with Crippen LogP contribution < -0.4 is 14.7 Å². The van der Waals surface area contributed by atoms with Crippen molar-refractivity contribution in [3.05, 3.63) is 23.5 Å². The Kier molecular flexibility index (Phi) is 4.06. The number of piperazine rings is 1. The van der Waals surface area contributed by atoms with Gasteiger partial charge >= 0.3 is 0 Å². The molecule has 0 saturated carbocycles. The summed E-state index contributed by atoms with van der Waals surface area (Å²) >= 11 is 0. The Bertz CT molecular complexity index is 909. The molecule has 0 unspecified atom stereocenters. The maximum Gasteiger partial charge on any atom is 0.245 e. The first-order valence-corrected chi connectivity index (χ1v) is 8.64. The first kappa shape index (κ1) is 16.5. The van der Waals surface area contributed by atoms with E-state index in [0.29, 0.717) is 11.3 Å². The second-order valence-electron chi connectivity index (χ2n) is 6.76. The van der Waals surface area contributed by atoms with Crippen LogP contribution in [0.4, 0.5) is 17.3 Å². The molecular formula is C17H22N8O. The smallest absolute Gasteiger partial charge is 0.245 e. The molecule has 9 nitrogen and oxygen atoms in total. The van der Waals surface area contributed by atoms with Crippen LogP contribution in [-0.2, 0) is 0 Å². The van der Waals surface area contributed by atoms with Gasteiger partial charge in [0.25, 0.3) is 0 Å². The van der Waals surface area contributed by atoms with Crippen LogP contribution in [0.5, 0.6) is 0 Å². The van der Waals surface area contributed by atoms with E-state index in [-0.39, 0.29) is 0 Å². The van der Waals surface area contributed by atoms with E-state index in [1.54, 1.807) is 0 Å². The van der Waals surface area contributed by atoms with Gasteiger partial charge < -0.3 is 14.7 Å². The van der Waals surface area contributed by atoms with Gasteiger partial charge in [-0.1, -0.05) is 0 Å². The van der Waals surface area contributed by atoms with E-state index in [0.717, 1.165) is 49.2 Å². The van der Waals surface area contributed by atoms with Gasteiger partial charge in [-0.15, -0.1) is 0 Å². The zero-order valence-corrected chi connectivity index (χ0v) is 15.5. The summed E-state index contributed by atoms with van der Waals surface area (Å²) in [5.74, 6) is 1.59. The average molecular weight is 354 g/mol. The van der Waals surface area contributed by atoms with Gasteiger partial charge in [-0.05, 0) is 36.3 Å². The number of rotatable bonds is 3. The molecular weight excluding hydrogens is 332 g/mol. The third kappa shape index (κ3) is 3.00. The molecule has 0 N–H and O–H groups in total. The van der Waals surface area contributed by atoms with E-state index < -0.39 is 0 Å². The topological polar surface area (TPSA) is 87.3 Å². The van der Waals surface area contributed by atoms with Crippen molar-refractivity contribution >= 4 is 28.6 Å². The molecule has 0 bridgehead atoms. The third-order valence-electron chi connectivity index (χ3n) is 4.51. The van der Waals surface area contributed by atoms with Crippen molar-refractivity contribution in [1.29, 1.82) is 0 Å². The standard InChI is InChI=1S/C17H22N8O/c1-11-9-13(10-12(2)18-11)24-5-7-25(8-6-24)17-16(23(3)4)19-14-15(20-17)22-26-21-14/h9-10H,5-8H2,1-4H3. The summed E-state index contributed by atoms with van der Waals surface area (Å²) in [6.45, 7) is 7.60. The van der Waals surface area contributed by atoms with Crippen molar-refractivity contribution in [2.45, 2.75) is 13.8 Å². The van der Waals surface area contributed by atoms with Gasteiger partial charge in [-0.2, -0.15) is 0 Å². The van der Waals surface area contributed by atoms with Crippen molar-refractivity contribution < 1.29 is 4.63 Å². The minimum absolute atomic E-state index is 0.429. The van der Waals surface area contributed by atoms with Crippen molar-refractivity contribution in [3.63, 3.8) is 0 Å². The number of hydrogen-bond acceptors (Lipinski definition) is 9. The second-order valence-corrected chi connectivity index (χ2v) is 6.76. The summed E-state index contributed by atoms with van der Waals surface area (Å²) in [6.07, 6.45) is 0. The van der Waals surface area contributed by atoms with Crippen LogP contribution in [0.25, 0.3) is 11.3 Å². The minimum atomic E-state index is 0.429. The van der Waals surface area contributed by atoms with Gasteiger partial charge in [0.05, 0.1) is 0 Å². The van der Waals surface area contributed by atoms with E-state index in [4.69, 9.17) is 4.63 Å². The average Bonchev–Trinajstić information content (AvgIpc) is 3.07. The number of anilines is 3. The normalized spacial score (nSPS) is 14.9. The number of pyridine rings is 1. The molecule has 3 aromatic rings. The van der Waals surface area contributed by atoms with E-state index in [1.165, 1.54) is 5.69 Å². The monoisotopic (exact) mass is 354 g/mol. The summed E-state index contributed by atoms with van der Waals surface area (Å²) in [5, 5.41) is 7.63. The summed E-state index contributed by atoms with van der Waals surface area (Å²) in [5.41, 5.74) is 4.19. The molecule has 4 heterocycles. The maximum atomic E-state index is 4.76. The second kappa shape index (κ2) is 6.40. The zero-order valence-electron chi connectivity index (χ0n) is 15.5. The fraction of sp³-hybridized carbons (Fsp3) is 0.471. The summed E-state index contributed by atoms with van der Waals surface area (Å²) in [6, 6.07) is 4.28. The van der Waals surface area contributed by atoms with Gasteiger partial charge in [0.2, 0.25) is 11.3 Å². The number of fused-ring (bicyclic) bond motifs is 1. The molecule has 136 valence electrons. The molecule has 1 aliphatic rings. The Morgan fingerprint density at radius 2 is 1.42 bits per heavy atom. The summed E-state index contributed by atoms with van der Waals surface area (Å²) in [7, 11) is 3.90. The molecule has 1 saturated heterocycles. The summed E-state index contributed by atoms with van der Waals surface area (Å²) in [4.78, 5) is 20.2. The van der Waals surface area contributed by atoms with Gasteiger partial charge in [-0.3, -0.25) is 4.98 Å². The molecule has 0 atom stereocenters. The van der Waals surface area contributed by atoms with Crippen LogP contribution in [0.2, 0.25) is 0 Å². The maximum absolute atomic E-state index is 4.76. The first-order valence-electron chi connectivity index (χ1n) is 8.64. The van der Waals surface area contributed by atoms with Crippen molar-refractivity contribution in [2.24, 2.45) is 0 Å². The number of aryl methyl sites for hydroxylation is 2. The molecule has 0 aromatic carbocycles. The SMILES string of the molecule is Cc1cc(N2CCN(c3nc4nonc4nc3N(C)C)CC2)cc(C)n1. The predicted octanol–water partition coefficient (Wildman–Crippen LogP) is 1.42. The van der Waals surface area contributed by atoms with Gasteiger partial charge in [-0.25, -0.2) is 14.6 Å².